The van der Waals surface area contributed by atoms with E-state index in [1.807, 2.05) is 60.7 Å². The normalized spacial score (nSPS) is 11.4. The minimum Gasteiger partial charge on any atom is -0.493 e. The number of nitrogens with one attached hydrogen (secondary N) is 1. The first-order valence-electron chi connectivity index (χ1n) is 12.9. The van der Waals surface area contributed by atoms with Gasteiger partial charge in [-0.2, -0.15) is 0 Å². The van der Waals surface area contributed by atoms with E-state index in [1.54, 1.807) is 55.8 Å². The van der Waals surface area contributed by atoms with Gasteiger partial charge in [0.05, 0.1) is 20.6 Å². The Morgan fingerprint density at radius 2 is 1.50 bits per heavy atom. The third-order valence-electron chi connectivity index (χ3n) is 6.56. The number of ether oxygens (including phenoxy) is 2. The summed E-state index contributed by atoms with van der Waals surface area (Å²) in [6, 6.07) is 25.3. The van der Waals surface area contributed by atoms with Crippen LogP contribution in [0.1, 0.15) is 22.3 Å². The van der Waals surface area contributed by atoms with E-state index in [2.05, 4.69) is 10.3 Å². The molecule has 1 unspecified atom stereocenters. The highest BCUT2D eigenvalue weighted by molar-refractivity contribution is 6.30. The Morgan fingerprint density at radius 3 is 2.17 bits per heavy atom. The average Bonchev–Trinajstić information content (AvgIpc) is 2.99. The molecule has 0 bridgehead atoms. The van der Waals surface area contributed by atoms with Gasteiger partial charge in [0.25, 0.3) is 0 Å². The second-order valence-electron chi connectivity index (χ2n) is 9.29. The zero-order valence-electron chi connectivity index (χ0n) is 22.5. The molecule has 0 fully saturated rings. The Kier molecular flexibility index (Phi) is 10.1. The number of halogens is 1. The van der Waals surface area contributed by atoms with Crippen LogP contribution in [0.3, 0.4) is 0 Å². The molecule has 0 aliphatic carbocycles. The van der Waals surface area contributed by atoms with E-state index in [0.29, 0.717) is 29.5 Å². The first-order valence-corrected chi connectivity index (χ1v) is 13.3. The Bertz CT molecular complexity index is 1400. The van der Waals surface area contributed by atoms with Crippen LogP contribution in [-0.2, 0) is 35.5 Å². The van der Waals surface area contributed by atoms with E-state index in [9.17, 15) is 9.59 Å². The van der Waals surface area contributed by atoms with Crippen LogP contribution >= 0.6 is 11.6 Å². The largest absolute Gasteiger partial charge is 0.493 e. The lowest BCUT2D eigenvalue weighted by molar-refractivity contribution is -0.140. The fourth-order valence-electron chi connectivity index (χ4n) is 4.41. The standard InChI is InChI=1S/C32H32ClN3O4/c1-39-29-13-10-26(19-30(29)40-2)20-31(37)36(22-25-8-11-27(33)12-9-25)28(18-23-6-4-3-5-7-23)32(38)35-21-24-14-16-34-17-15-24/h3-17,19,28H,18,20-22H2,1-2H3,(H,35,38). The van der Waals surface area contributed by atoms with Crippen molar-refractivity contribution in [1.82, 2.24) is 15.2 Å². The monoisotopic (exact) mass is 557 g/mol. The van der Waals surface area contributed by atoms with Crippen molar-refractivity contribution in [1.29, 1.82) is 0 Å². The molecule has 3 aromatic carbocycles. The predicted octanol–water partition coefficient (Wildman–Crippen LogP) is 5.25. The summed E-state index contributed by atoms with van der Waals surface area (Å²) < 4.78 is 10.8. The third kappa shape index (κ3) is 7.83. The maximum atomic E-state index is 14.0. The van der Waals surface area contributed by atoms with Crippen LogP contribution in [0.2, 0.25) is 5.02 Å². The Morgan fingerprint density at radius 1 is 0.825 bits per heavy atom. The van der Waals surface area contributed by atoms with Gasteiger partial charge in [0.1, 0.15) is 6.04 Å². The van der Waals surface area contributed by atoms with Crippen LogP contribution < -0.4 is 14.8 Å². The quantitative estimate of drug-likeness (QED) is 0.257. The van der Waals surface area contributed by atoms with Crippen molar-refractivity contribution in [2.75, 3.05) is 14.2 Å². The van der Waals surface area contributed by atoms with Crippen LogP contribution in [0, 0.1) is 0 Å². The molecule has 0 aliphatic rings. The number of aromatic nitrogens is 1. The van der Waals surface area contributed by atoms with E-state index in [0.717, 1.165) is 22.3 Å². The van der Waals surface area contributed by atoms with Crippen molar-refractivity contribution >= 4 is 23.4 Å². The summed E-state index contributed by atoms with van der Waals surface area (Å²) in [4.78, 5) is 33.4. The molecule has 0 saturated heterocycles. The summed E-state index contributed by atoms with van der Waals surface area (Å²) in [6.07, 6.45) is 3.80. The van der Waals surface area contributed by atoms with E-state index in [-0.39, 0.29) is 24.8 Å². The van der Waals surface area contributed by atoms with Gasteiger partial charge in [-0.25, -0.2) is 0 Å². The number of hydrogen-bond donors (Lipinski definition) is 1. The number of hydrogen-bond acceptors (Lipinski definition) is 5. The lowest BCUT2D eigenvalue weighted by Crippen LogP contribution is -2.50. The number of pyridine rings is 1. The fourth-order valence-corrected chi connectivity index (χ4v) is 4.54. The second-order valence-corrected chi connectivity index (χ2v) is 9.73. The van der Waals surface area contributed by atoms with Gasteiger partial charge >= 0.3 is 0 Å². The summed E-state index contributed by atoms with van der Waals surface area (Å²) in [6.45, 7) is 0.564. The van der Waals surface area contributed by atoms with Crippen LogP contribution in [0.15, 0.2) is 97.3 Å². The molecule has 1 atom stereocenters. The van der Waals surface area contributed by atoms with Crippen molar-refractivity contribution < 1.29 is 19.1 Å². The van der Waals surface area contributed by atoms with Crippen molar-refractivity contribution in [2.45, 2.75) is 32.0 Å². The highest BCUT2D eigenvalue weighted by Gasteiger charge is 2.30. The van der Waals surface area contributed by atoms with Crippen molar-refractivity contribution in [3.8, 4) is 11.5 Å². The summed E-state index contributed by atoms with van der Waals surface area (Å²) in [5.41, 5.74) is 3.48. The molecule has 1 aromatic heterocycles. The first-order chi connectivity index (χ1) is 19.5. The molecule has 4 rings (SSSR count). The topological polar surface area (TPSA) is 80.8 Å². The molecule has 2 amide bonds. The van der Waals surface area contributed by atoms with E-state index in [1.165, 1.54) is 0 Å². The molecule has 0 saturated carbocycles. The molecule has 7 nitrogen and oxygen atoms in total. The average molecular weight is 558 g/mol. The van der Waals surface area contributed by atoms with Gasteiger partial charge < -0.3 is 19.7 Å². The van der Waals surface area contributed by atoms with Crippen LogP contribution in [0.4, 0.5) is 0 Å². The highest BCUT2D eigenvalue weighted by Crippen LogP contribution is 2.28. The molecule has 1 N–H and O–H groups in total. The van der Waals surface area contributed by atoms with Gasteiger partial charge in [-0.3, -0.25) is 14.6 Å². The van der Waals surface area contributed by atoms with Crippen molar-refractivity contribution in [2.24, 2.45) is 0 Å². The fraction of sp³-hybridized carbons (Fsp3) is 0.219. The van der Waals surface area contributed by atoms with Crippen molar-refractivity contribution in [3.05, 3.63) is 125 Å². The Hall–Kier alpha value is -4.36. The predicted molar refractivity (Wildman–Crippen MR) is 155 cm³/mol. The minimum absolute atomic E-state index is 0.0802. The molecule has 40 heavy (non-hydrogen) atoms. The smallest absolute Gasteiger partial charge is 0.243 e. The summed E-state index contributed by atoms with van der Waals surface area (Å²) in [7, 11) is 3.12. The van der Waals surface area contributed by atoms with Crippen LogP contribution in [-0.4, -0.2) is 42.0 Å². The number of carbonyl (C=O) groups is 2. The number of amides is 2. The number of carbonyl (C=O) groups excluding carboxylic acids is 2. The summed E-state index contributed by atoms with van der Waals surface area (Å²) >= 11 is 6.12. The number of benzene rings is 3. The molecule has 206 valence electrons. The lowest BCUT2D eigenvalue weighted by Gasteiger charge is -2.32. The summed E-state index contributed by atoms with van der Waals surface area (Å²) in [5, 5.41) is 3.63. The van der Waals surface area contributed by atoms with Gasteiger partial charge in [-0.15, -0.1) is 0 Å². The third-order valence-corrected chi connectivity index (χ3v) is 6.81. The van der Waals surface area contributed by atoms with E-state index in [4.69, 9.17) is 21.1 Å². The van der Waals surface area contributed by atoms with E-state index < -0.39 is 6.04 Å². The lowest BCUT2D eigenvalue weighted by atomic mass is 10.0. The molecular formula is C32H32ClN3O4. The first kappa shape index (κ1) is 28.6. The highest BCUT2D eigenvalue weighted by atomic mass is 35.5. The van der Waals surface area contributed by atoms with Gasteiger partial charge in [-0.1, -0.05) is 60.1 Å². The number of methoxy groups -OCH3 is 2. The second kappa shape index (κ2) is 14.1. The van der Waals surface area contributed by atoms with Gasteiger partial charge in [0.2, 0.25) is 11.8 Å². The maximum Gasteiger partial charge on any atom is 0.243 e. The Balaban J connectivity index is 1.66. The molecule has 0 aliphatic heterocycles. The molecule has 0 spiro atoms. The number of rotatable bonds is 12. The molecular weight excluding hydrogens is 526 g/mol. The maximum absolute atomic E-state index is 14.0. The molecule has 4 aromatic rings. The van der Waals surface area contributed by atoms with Crippen LogP contribution in [0.5, 0.6) is 11.5 Å². The minimum atomic E-state index is -0.757. The van der Waals surface area contributed by atoms with Crippen LogP contribution in [0.25, 0.3) is 0 Å². The molecule has 8 heteroatoms. The number of nitrogens with zero attached hydrogens (tertiary/aromatic N) is 2. The van der Waals surface area contributed by atoms with E-state index >= 15 is 0 Å². The van der Waals surface area contributed by atoms with Gasteiger partial charge in [-0.05, 0) is 58.7 Å². The molecule has 1 heterocycles. The summed E-state index contributed by atoms with van der Waals surface area (Å²) in [5.74, 6) is 0.680. The SMILES string of the molecule is COc1ccc(CC(=O)N(Cc2ccc(Cl)cc2)C(Cc2ccccc2)C(=O)NCc2ccncc2)cc1OC. The van der Waals surface area contributed by atoms with Crippen molar-refractivity contribution in [3.63, 3.8) is 0 Å². The van der Waals surface area contributed by atoms with Gasteiger partial charge in [0.15, 0.2) is 11.5 Å². The molecule has 0 radical (unpaired) electrons. The Labute approximate surface area is 239 Å². The van der Waals surface area contributed by atoms with Gasteiger partial charge in [0, 0.05) is 36.9 Å². The zero-order valence-corrected chi connectivity index (χ0v) is 23.3. The zero-order chi connectivity index (χ0) is 28.3.